The summed E-state index contributed by atoms with van der Waals surface area (Å²) in [6.45, 7) is -0.177. The lowest BCUT2D eigenvalue weighted by Gasteiger charge is -2.22. The van der Waals surface area contributed by atoms with Gasteiger partial charge in [-0.1, -0.05) is 12.1 Å². The fourth-order valence-electron chi connectivity index (χ4n) is 4.05. The summed E-state index contributed by atoms with van der Waals surface area (Å²) in [7, 11) is 4.61. The summed E-state index contributed by atoms with van der Waals surface area (Å²) in [5.74, 6) is 1.46. The number of ether oxygens (including phenoxy) is 3. The van der Waals surface area contributed by atoms with Crippen molar-refractivity contribution in [2.45, 2.75) is 0 Å². The summed E-state index contributed by atoms with van der Waals surface area (Å²) in [5.41, 5.74) is 2.24. The summed E-state index contributed by atoms with van der Waals surface area (Å²) >= 11 is 0. The third kappa shape index (κ3) is 5.27. The van der Waals surface area contributed by atoms with Crippen molar-refractivity contribution in [1.82, 2.24) is 19.4 Å². The number of hydrogen-bond donors (Lipinski definition) is 3. The van der Waals surface area contributed by atoms with E-state index in [4.69, 9.17) is 19.2 Å². The number of aliphatic hydroxyl groups excluding tert-OH is 2. The number of anilines is 2. The van der Waals surface area contributed by atoms with Crippen molar-refractivity contribution in [1.29, 1.82) is 0 Å². The molecule has 0 aliphatic heterocycles. The van der Waals surface area contributed by atoms with Gasteiger partial charge < -0.3 is 39.2 Å². The molecule has 4 aromatic rings. The van der Waals surface area contributed by atoms with E-state index in [0.717, 1.165) is 5.39 Å². The number of nitrogens with zero attached hydrogens (tertiary/aromatic N) is 4. The largest absolute Gasteiger partial charge is 0.493 e. The number of para-hydroxylation sites is 1. The van der Waals surface area contributed by atoms with Crippen molar-refractivity contribution in [3.05, 3.63) is 60.4 Å². The molecule has 0 spiro atoms. The monoisotopic (exact) mass is 507 g/mol. The zero-order valence-electron chi connectivity index (χ0n) is 20.8. The maximum absolute atomic E-state index is 13.3. The molecule has 11 nitrogen and oxygen atoms in total. The molecule has 11 heteroatoms. The second-order valence-corrected chi connectivity index (χ2v) is 7.95. The maximum Gasteiger partial charge on any atom is 0.256 e. The average molecular weight is 508 g/mol. The second-order valence-electron chi connectivity index (χ2n) is 7.95. The van der Waals surface area contributed by atoms with E-state index in [0.29, 0.717) is 45.8 Å². The number of carbonyl (C=O) groups excluding carboxylic acids is 1. The zero-order valence-corrected chi connectivity index (χ0v) is 20.8. The van der Waals surface area contributed by atoms with Gasteiger partial charge >= 0.3 is 0 Å². The van der Waals surface area contributed by atoms with Crippen LogP contribution in [0.25, 0.3) is 16.7 Å². The van der Waals surface area contributed by atoms with Gasteiger partial charge in [0.1, 0.15) is 5.65 Å². The SMILES string of the molecule is COc1cc(Nc2ncc3ccn(-c4ccccc4C(=O)N(CCO)CCO)c3n2)cc(OC)c1OC. The first-order valence-corrected chi connectivity index (χ1v) is 11.6. The van der Waals surface area contributed by atoms with E-state index in [1.807, 2.05) is 24.4 Å². The van der Waals surface area contributed by atoms with E-state index in [-0.39, 0.29) is 32.2 Å². The van der Waals surface area contributed by atoms with Gasteiger partial charge in [-0.15, -0.1) is 0 Å². The normalized spacial score (nSPS) is 10.8. The highest BCUT2D eigenvalue weighted by Crippen LogP contribution is 2.40. The molecule has 4 rings (SSSR count). The number of carbonyl (C=O) groups is 1. The van der Waals surface area contributed by atoms with Crippen molar-refractivity contribution >= 4 is 28.6 Å². The van der Waals surface area contributed by atoms with E-state index in [2.05, 4.69) is 10.3 Å². The molecule has 0 saturated carbocycles. The summed E-state index contributed by atoms with van der Waals surface area (Å²) in [4.78, 5) is 23.8. The summed E-state index contributed by atoms with van der Waals surface area (Å²) in [6, 6.07) is 12.5. The number of benzene rings is 2. The quantitative estimate of drug-likeness (QED) is 0.280. The van der Waals surface area contributed by atoms with Crippen molar-refractivity contribution < 1.29 is 29.2 Å². The Morgan fingerprint density at radius 2 is 1.68 bits per heavy atom. The number of rotatable bonds is 11. The Bertz CT molecular complexity index is 1360. The van der Waals surface area contributed by atoms with Gasteiger partial charge in [0, 0.05) is 48.7 Å². The van der Waals surface area contributed by atoms with Crippen LogP contribution in [-0.2, 0) is 0 Å². The van der Waals surface area contributed by atoms with Gasteiger partial charge in [0.15, 0.2) is 11.5 Å². The highest BCUT2D eigenvalue weighted by Gasteiger charge is 2.20. The molecule has 2 aromatic heterocycles. The lowest BCUT2D eigenvalue weighted by atomic mass is 10.1. The standard InChI is InChI=1S/C26H29N5O6/c1-35-21-14-18(15-22(36-2)23(21)37-3)28-26-27-16-17-8-9-31(24(17)29-26)20-7-5-4-6-19(20)25(34)30(10-12-32)11-13-33/h4-9,14-16,32-33H,10-13H2,1-3H3,(H,27,28,29). The van der Waals surface area contributed by atoms with Gasteiger partial charge in [-0.3, -0.25) is 4.79 Å². The molecule has 0 atom stereocenters. The molecule has 1 amide bonds. The number of fused-ring (bicyclic) bond motifs is 1. The lowest BCUT2D eigenvalue weighted by Crippen LogP contribution is -2.36. The van der Waals surface area contributed by atoms with Crippen LogP contribution in [-0.4, -0.2) is 83.2 Å². The molecule has 3 N–H and O–H groups in total. The van der Waals surface area contributed by atoms with Crippen LogP contribution in [0.5, 0.6) is 17.2 Å². The average Bonchev–Trinajstić information content (AvgIpc) is 3.35. The number of amides is 1. The third-order valence-corrected chi connectivity index (χ3v) is 5.77. The third-order valence-electron chi connectivity index (χ3n) is 5.77. The number of aromatic nitrogens is 3. The number of methoxy groups -OCH3 is 3. The summed E-state index contributed by atoms with van der Waals surface area (Å²) in [5, 5.41) is 22.7. The van der Waals surface area contributed by atoms with Crippen LogP contribution in [0, 0.1) is 0 Å². The Morgan fingerprint density at radius 1 is 1.00 bits per heavy atom. The molecule has 0 unspecified atom stereocenters. The van der Waals surface area contributed by atoms with E-state index in [9.17, 15) is 15.0 Å². The van der Waals surface area contributed by atoms with Crippen molar-refractivity contribution in [3.8, 4) is 22.9 Å². The molecule has 194 valence electrons. The highest BCUT2D eigenvalue weighted by molar-refractivity contribution is 5.98. The minimum atomic E-state index is -0.301. The smallest absolute Gasteiger partial charge is 0.256 e. The molecule has 0 radical (unpaired) electrons. The lowest BCUT2D eigenvalue weighted by molar-refractivity contribution is 0.0685. The van der Waals surface area contributed by atoms with Crippen molar-refractivity contribution in [3.63, 3.8) is 0 Å². The predicted octanol–water partition coefficient (Wildman–Crippen LogP) is 2.62. The van der Waals surface area contributed by atoms with Crippen LogP contribution in [0.3, 0.4) is 0 Å². The Labute approximate surface area is 213 Å². The van der Waals surface area contributed by atoms with Gasteiger partial charge in [0.25, 0.3) is 5.91 Å². The van der Waals surface area contributed by atoms with Crippen LogP contribution in [0.15, 0.2) is 54.9 Å². The van der Waals surface area contributed by atoms with Gasteiger partial charge in [-0.25, -0.2) is 4.98 Å². The minimum Gasteiger partial charge on any atom is -0.493 e. The van der Waals surface area contributed by atoms with Gasteiger partial charge in [-0.2, -0.15) is 4.98 Å². The predicted molar refractivity (Wildman–Crippen MR) is 138 cm³/mol. The number of nitrogens with one attached hydrogen (secondary N) is 1. The number of aliphatic hydroxyl groups is 2. The van der Waals surface area contributed by atoms with Crippen molar-refractivity contribution in [2.24, 2.45) is 0 Å². The van der Waals surface area contributed by atoms with Crippen molar-refractivity contribution in [2.75, 3.05) is 52.9 Å². The second kappa shape index (κ2) is 11.6. The first-order valence-electron chi connectivity index (χ1n) is 11.6. The molecule has 0 fully saturated rings. The first kappa shape index (κ1) is 25.7. The van der Waals surface area contributed by atoms with Crippen LogP contribution >= 0.6 is 0 Å². The topological polar surface area (TPSA) is 131 Å². The van der Waals surface area contributed by atoms with Gasteiger partial charge in [0.05, 0.1) is 45.8 Å². The first-order chi connectivity index (χ1) is 18.0. The van der Waals surface area contributed by atoms with Crippen LogP contribution < -0.4 is 19.5 Å². The maximum atomic E-state index is 13.3. The molecule has 0 saturated heterocycles. The highest BCUT2D eigenvalue weighted by atomic mass is 16.5. The molecular weight excluding hydrogens is 478 g/mol. The molecule has 0 aliphatic carbocycles. The summed E-state index contributed by atoms with van der Waals surface area (Å²) in [6.07, 6.45) is 3.50. The molecule has 0 aliphatic rings. The Balaban J connectivity index is 1.73. The van der Waals surface area contributed by atoms with E-state index >= 15 is 0 Å². The Hall–Kier alpha value is -4.35. The minimum absolute atomic E-state index is 0.116. The molecule has 0 bridgehead atoms. The van der Waals surface area contributed by atoms with Gasteiger partial charge in [-0.05, 0) is 18.2 Å². The van der Waals surface area contributed by atoms with E-state index < -0.39 is 0 Å². The van der Waals surface area contributed by atoms with Crippen LogP contribution in [0.1, 0.15) is 10.4 Å². The molecule has 37 heavy (non-hydrogen) atoms. The number of hydrogen-bond acceptors (Lipinski definition) is 9. The fraction of sp³-hybridized carbons (Fsp3) is 0.269. The molecule has 2 aromatic carbocycles. The van der Waals surface area contributed by atoms with E-state index in [1.165, 1.54) is 26.2 Å². The van der Waals surface area contributed by atoms with Gasteiger partial charge in [0.2, 0.25) is 11.7 Å². The molecule has 2 heterocycles. The fourth-order valence-corrected chi connectivity index (χ4v) is 4.05. The Kier molecular flexibility index (Phi) is 8.06. The van der Waals surface area contributed by atoms with Crippen LogP contribution in [0.2, 0.25) is 0 Å². The van der Waals surface area contributed by atoms with E-state index in [1.54, 1.807) is 35.0 Å². The Morgan fingerprint density at radius 3 is 2.30 bits per heavy atom. The van der Waals surface area contributed by atoms with Crippen LogP contribution in [0.4, 0.5) is 11.6 Å². The molecular formula is C26H29N5O6. The summed E-state index contributed by atoms with van der Waals surface area (Å²) < 4.78 is 18.0. The zero-order chi connectivity index (χ0) is 26.4.